The van der Waals surface area contributed by atoms with Crippen LogP contribution in [-0.4, -0.2) is 5.91 Å². The summed E-state index contributed by atoms with van der Waals surface area (Å²) in [6.07, 6.45) is 2.37. The van der Waals surface area contributed by atoms with Crippen molar-refractivity contribution in [3.63, 3.8) is 0 Å². The lowest BCUT2D eigenvalue weighted by molar-refractivity contribution is -0.112. The van der Waals surface area contributed by atoms with Gasteiger partial charge in [-0.05, 0) is 66.8 Å². The van der Waals surface area contributed by atoms with Gasteiger partial charge in [0.15, 0.2) is 0 Å². The maximum atomic E-state index is 12.6. The number of hydrogen-bond donors (Lipinski definition) is 1. The summed E-state index contributed by atoms with van der Waals surface area (Å²) in [7, 11) is 0. The van der Waals surface area contributed by atoms with Crippen molar-refractivity contribution < 1.29 is 4.79 Å². The Balaban J connectivity index is 1.80. The summed E-state index contributed by atoms with van der Waals surface area (Å²) in [5, 5.41) is 12.3. The van der Waals surface area contributed by atoms with Gasteiger partial charge in [-0.25, -0.2) is 0 Å². The van der Waals surface area contributed by atoms with Gasteiger partial charge in [0, 0.05) is 14.6 Å². The summed E-state index contributed by atoms with van der Waals surface area (Å²) >= 11 is 7.20. The highest BCUT2D eigenvalue weighted by Crippen LogP contribution is 2.26. The Morgan fingerprint density at radius 3 is 2.40 bits per heavy atom. The molecule has 3 nitrogen and oxygen atoms in total. The molecule has 0 radical (unpaired) electrons. The predicted octanol–water partition coefficient (Wildman–Crippen LogP) is 6.96. The summed E-state index contributed by atoms with van der Waals surface area (Å²) < 4.78 is 2.00. The van der Waals surface area contributed by atoms with E-state index < -0.39 is 5.91 Å². The van der Waals surface area contributed by atoms with Crippen LogP contribution in [0.4, 0.5) is 5.69 Å². The molecule has 0 unspecified atom stereocenters. The number of carbonyl (C=O) groups is 1. The van der Waals surface area contributed by atoms with E-state index >= 15 is 0 Å². The van der Waals surface area contributed by atoms with Crippen molar-refractivity contribution in [2.24, 2.45) is 0 Å². The van der Waals surface area contributed by atoms with Gasteiger partial charge in [0.2, 0.25) is 0 Å². The zero-order chi connectivity index (χ0) is 21.7. The van der Waals surface area contributed by atoms with Crippen LogP contribution in [0.25, 0.3) is 6.08 Å². The van der Waals surface area contributed by atoms with Crippen LogP contribution in [0.5, 0.6) is 0 Å². The molecule has 3 aromatic carbocycles. The number of benzene rings is 3. The van der Waals surface area contributed by atoms with Crippen molar-refractivity contribution in [1.29, 1.82) is 5.26 Å². The Morgan fingerprint density at radius 1 is 1.00 bits per heavy atom. The molecule has 150 valence electrons. The Labute approximate surface area is 193 Å². The standard InChI is InChI=1S/C25H20Br2N2O/c1-16-7-10-24(17(2)11-16)29-25(30)21(15-28)12-18-8-9-20(23(27)13-18)14-19-5-3-4-6-22(19)26/h3-13H,14H2,1-2H3,(H,29,30)/b21-12+. The number of nitrogens with one attached hydrogen (secondary N) is 1. The molecule has 1 amide bonds. The molecule has 0 bridgehead atoms. The highest BCUT2D eigenvalue weighted by atomic mass is 79.9. The van der Waals surface area contributed by atoms with Crippen molar-refractivity contribution in [2.45, 2.75) is 20.3 Å². The summed E-state index contributed by atoms with van der Waals surface area (Å²) in [6.45, 7) is 3.93. The van der Waals surface area contributed by atoms with Crippen LogP contribution < -0.4 is 5.32 Å². The van der Waals surface area contributed by atoms with Crippen LogP contribution in [0.2, 0.25) is 0 Å². The first-order valence-electron chi connectivity index (χ1n) is 9.39. The summed E-state index contributed by atoms with van der Waals surface area (Å²) in [4.78, 5) is 12.6. The number of aryl methyl sites for hydroxylation is 2. The summed E-state index contributed by atoms with van der Waals surface area (Å²) in [6, 6.07) is 21.7. The lowest BCUT2D eigenvalue weighted by Crippen LogP contribution is -2.14. The minimum atomic E-state index is -0.419. The lowest BCUT2D eigenvalue weighted by atomic mass is 10.0. The fraction of sp³-hybridized carbons (Fsp3) is 0.120. The first-order chi connectivity index (χ1) is 14.4. The maximum Gasteiger partial charge on any atom is 0.266 e. The van der Waals surface area contributed by atoms with Crippen LogP contribution in [0.15, 0.2) is 75.2 Å². The molecule has 0 saturated carbocycles. The molecule has 30 heavy (non-hydrogen) atoms. The zero-order valence-corrected chi connectivity index (χ0v) is 19.8. The molecule has 0 heterocycles. The highest BCUT2D eigenvalue weighted by molar-refractivity contribution is 9.10. The third kappa shape index (κ3) is 5.47. The van der Waals surface area contributed by atoms with E-state index in [1.807, 2.05) is 74.5 Å². The number of nitrogens with zero attached hydrogens (tertiary/aromatic N) is 1. The van der Waals surface area contributed by atoms with E-state index in [4.69, 9.17) is 0 Å². The van der Waals surface area contributed by atoms with Crippen molar-refractivity contribution in [3.8, 4) is 6.07 Å². The molecular weight excluding hydrogens is 504 g/mol. The molecule has 5 heteroatoms. The Hall–Kier alpha value is -2.68. The van der Waals surface area contributed by atoms with Crippen LogP contribution >= 0.6 is 31.9 Å². The zero-order valence-electron chi connectivity index (χ0n) is 16.7. The van der Waals surface area contributed by atoms with E-state index in [1.54, 1.807) is 6.08 Å². The van der Waals surface area contributed by atoms with Gasteiger partial charge in [-0.3, -0.25) is 4.79 Å². The van der Waals surface area contributed by atoms with Gasteiger partial charge in [0.1, 0.15) is 11.6 Å². The van der Waals surface area contributed by atoms with E-state index in [9.17, 15) is 10.1 Å². The van der Waals surface area contributed by atoms with Crippen molar-refractivity contribution in [1.82, 2.24) is 0 Å². The van der Waals surface area contributed by atoms with Gasteiger partial charge in [-0.15, -0.1) is 0 Å². The Kier molecular flexibility index (Phi) is 7.25. The maximum absolute atomic E-state index is 12.6. The number of anilines is 1. The molecule has 0 aliphatic heterocycles. The molecule has 0 fully saturated rings. The molecule has 0 aliphatic carbocycles. The second kappa shape index (κ2) is 9.88. The van der Waals surface area contributed by atoms with Crippen LogP contribution in [0, 0.1) is 25.2 Å². The second-order valence-corrected chi connectivity index (χ2v) is 8.77. The second-order valence-electron chi connectivity index (χ2n) is 7.06. The topological polar surface area (TPSA) is 52.9 Å². The molecule has 0 saturated heterocycles. The highest BCUT2D eigenvalue weighted by Gasteiger charge is 2.12. The van der Waals surface area contributed by atoms with Crippen LogP contribution in [-0.2, 0) is 11.2 Å². The van der Waals surface area contributed by atoms with Gasteiger partial charge >= 0.3 is 0 Å². The minimum absolute atomic E-state index is 0.0560. The first kappa shape index (κ1) is 22.0. The summed E-state index contributed by atoms with van der Waals surface area (Å²) in [5.74, 6) is -0.419. The monoisotopic (exact) mass is 522 g/mol. The normalized spacial score (nSPS) is 11.1. The quantitative estimate of drug-likeness (QED) is 0.290. The minimum Gasteiger partial charge on any atom is -0.321 e. The Morgan fingerprint density at radius 2 is 1.73 bits per heavy atom. The number of halogens is 2. The number of hydrogen-bond acceptors (Lipinski definition) is 2. The van der Waals surface area contributed by atoms with Crippen molar-refractivity contribution in [3.05, 3.63) is 103 Å². The van der Waals surface area contributed by atoms with E-state index in [2.05, 4.69) is 43.2 Å². The third-order valence-corrected chi connectivity index (χ3v) is 6.23. The third-order valence-electron chi connectivity index (χ3n) is 4.72. The van der Waals surface area contributed by atoms with E-state index in [0.717, 1.165) is 37.6 Å². The molecule has 0 aromatic heterocycles. The van der Waals surface area contributed by atoms with Crippen LogP contribution in [0.1, 0.15) is 27.8 Å². The molecule has 0 atom stereocenters. The number of amides is 1. The van der Waals surface area contributed by atoms with Crippen molar-refractivity contribution in [2.75, 3.05) is 5.32 Å². The number of rotatable bonds is 5. The SMILES string of the molecule is Cc1ccc(NC(=O)/C(C#N)=C/c2ccc(Cc3ccccc3Br)c(Br)c2)c(C)c1. The molecular formula is C25H20Br2N2O. The average Bonchev–Trinajstić information content (AvgIpc) is 2.71. The summed E-state index contributed by atoms with van der Waals surface area (Å²) in [5.41, 5.74) is 5.93. The van der Waals surface area contributed by atoms with Gasteiger partial charge in [0.25, 0.3) is 5.91 Å². The van der Waals surface area contributed by atoms with E-state index in [-0.39, 0.29) is 5.57 Å². The first-order valence-corrected chi connectivity index (χ1v) is 11.0. The number of nitriles is 1. The van der Waals surface area contributed by atoms with Gasteiger partial charge in [-0.1, -0.05) is 79.9 Å². The predicted molar refractivity (Wildman–Crippen MR) is 129 cm³/mol. The molecule has 3 rings (SSSR count). The van der Waals surface area contributed by atoms with Gasteiger partial charge in [-0.2, -0.15) is 5.26 Å². The molecule has 1 N–H and O–H groups in total. The number of carbonyl (C=O) groups excluding carboxylic acids is 1. The molecule has 0 spiro atoms. The fourth-order valence-electron chi connectivity index (χ4n) is 3.10. The van der Waals surface area contributed by atoms with Gasteiger partial charge < -0.3 is 5.32 Å². The largest absolute Gasteiger partial charge is 0.321 e. The Bertz CT molecular complexity index is 1180. The average molecular weight is 524 g/mol. The van der Waals surface area contributed by atoms with E-state index in [0.29, 0.717) is 5.69 Å². The van der Waals surface area contributed by atoms with Crippen LogP contribution in [0.3, 0.4) is 0 Å². The van der Waals surface area contributed by atoms with Crippen molar-refractivity contribution >= 4 is 49.5 Å². The lowest BCUT2D eigenvalue weighted by Gasteiger charge is -2.09. The fourth-order valence-corrected chi connectivity index (χ4v) is 4.06. The molecule has 3 aromatic rings. The van der Waals surface area contributed by atoms with Gasteiger partial charge in [0.05, 0.1) is 0 Å². The smallest absolute Gasteiger partial charge is 0.266 e. The molecule has 0 aliphatic rings. The van der Waals surface area contributed by atoms with E-state index in [1.165, 1.54) is 5.56 Å².